The van der Waals surface area contributed by atoms with E-state index in [4.69, 9.17) is 5.11 Å². The number of nitrogens with zero attached hydrogens (tertiary/aromatic N) is 1. The molecule has 1 atom stereocenters. The normalized spacial score (nSPS) is 12.3. The Hall–Kier alpha value is -2.10. The molecular weight excluding hydrogens is 216 g/mol. The van der Waals surface area contributed by atoms with Crippen LogP contribution in [0, 0.1) is 5.92 Å². The molecule has 1 unspecified atom stereocenters. The molecular formula is C13H14N2O2. The van der Waals surface area contributed by atoms with Gasteiger partial charge >= 0.3 is 5.97 Å². The summed E-state index contributed by atoms with van der Waals surface area (Å²) in [4.78, 5) is 17.8. The van der Waals surface area contributed by atoms with Crippen molar-refractivity contribution >= 4 is 5.97 Å². The second-order valence-corrected chi connectivity index (χ2v) is 4.11. The van der Waals surface area contributed by atoms with Gasteiger partial charge < -0.3 is 10.1 Å². The summed E-state index contributed by atoms with van der Waals surface area (Å²) < 4.78 is 0. The van der Waals surface area contributed by atoms with Crippen LogP contribution in [0.5, 0.6) is 0 Å². The highest BCUT2D eigenvalue weighted by Gasteiger charge is 2.11. The van der Waals surface area contributed by atoms with Gasteiger partial charge in [0, 0.05) is 0 Å². The number of carboxylic acids is 1. The van der Waals surface area contributed by atoms with Crippen LogP contribution in [0.25, 0.3) is 11.3 Å². The number of benzene rings is 1. The van der Waals surface area contributed by atoms with E-state index in [9.17, 15) is 4.79 Å². The number of carboxylic acid groups (broad SMARTS) is 1. The van der Waals surface area contributed by atoms with E-state index in [0.29, 0.717) is 6.42 Å². The van der Waals surface area contributed by atoms with Crippen molar-refractivity contribution in [1.29, 1.82) is 0 Å². The van der Waals surface area contributed by atoms with Crippen molar-refractivity contribution in [2.45, 2.75) is 13.3 Å². The highest BCUT2D eigenvalue weighted by Crippen LogP contribution is 2.19. The van der Waals surface area contributed by atoms with Crippen molar-refractivity contribution < 1.29 is 9.90 Å². The maximum absolute atomic E-state index is 10.8. The minimum Gasteiger partial charge on any atom is -0.481 e. The molecule has 0 amide bonds. The third-order valence-electron chi connectivity index (χ3n) is 2.70. The average molecular weight is 230 g/mol. The zero-order valence-corrected chi connectivity index (χ0v) is 9.55. The number of hydrogen-bond acceptors (Lipinski definition) is 2. The lowest BCUT2D eigenvalue weighted by molar-refractivity contribution is -0.141. The molecule has 0 aliphatic heterocycles. The standard InChI is InChI=1S/C13H14N2O2/c1-9(13(16)17)5-10-3-2-4-11(6-10)12-7-14-8-15-12/h2-4,6-9H,5H2,1H3,(H,14,15)(H,16,17). The van der Waals surface area contributed by atoms with E-state index < -0.39 is 5.97 Å². The van der Waals surface area contributed by atoms with Crippen LogP contribution in [0.2, 0.25) is 0 Å². The van der Waals surface area contributed by atoms with Crippen molar-refractivity contribution in [2.75, 3.05) is 0 Å². The van der Waals surface area contributed by atoms with Gasteiger partial charge in [0.15, 0.2) is 0 Å². The fraction of sp³-hybridized carbons (Fsp3) is 0.231. The van der Waals surface area contributed by atoms with Crippen LogP contribution in [-0.2, 0) is 11.2 Å². The molecule has 2 N–H and O–H groups in total. The molecule has 0 radical (unpaired) electrons. The maximum atomic E-state index is 10.8. The molecule has 1 aromatic carbocycles. The Labute approximate surface area is 99.3 Å². The van der Waals surface area contributed by atoms with Crippen LogP contribution in [-0.4, -0.2) is 21.0 Å². The zero-order chi connectivity index (χ0) is 12.3. The summed E-state index contributed by atoms with van der Waals surface area (Å²) in [6, 6.07) is 7.84. The Bertz CT molecular complexity index is 506. The van der Waals surface area contributed by atoms with Crippen molar-refractivity contribution in [1.82, 2.24) is 9.97 Å². The number of nitrogens with one attached hydrogen (secondary N) is 1. The largest absolute Gasteiger partial charge is 0.481 e. The van der Waals surface area contributed by atoms with Crippen LogP contribution in [0.3, 0.4) is 0 Å². The molecule has 2 aromatic rings. The van der Waals surface area contributed by atoms with E-state index >= 15 is 0 Å². The number of imidazole rings is 1. The molecule has 1 aromatic heterocycles. The Morgan fingerprint density at radius 2 is 2.35 bits per heavy atom. The monoisotopic (exact) mass is 230 g/mol. The van der Waals surface area contributed by atoms with Crippen molar-refractivity contribution in [3.8, 4) is 11.3 Å². The Morgan fingerprint density at radius 3 is 3.00 bits per heavy atom. The predicted molar refractivity (Wildman–Crippen MR) is 64.5 cm³/mol. The fourth-order valence-corrected chi connectivity index (χ4v) is 1.72. The molecule has 0 saturated heterocycles. The summed E-state index contributed by atoms with van der Waals surface area (Å²) in [5, 5.41) is 8.88. The third-order valence-corrected chi connectivity index (χ3v) is 2.70. The molecule has 4 nitrogen and oxygen atoms in total. The number of rotatable bonds is 4. The Kier molecular flexibility index (Phi) is 3.23. The van der Waals surface area contributed by atoms with Crippen molar-refractivity contribution in [3.63, 3.8) is 0 Å². The molecule has 0 fully saturated rings. The second kappa shape index (κ2) is 4.82. The molecule has 0 aliphatic rings. The summed E-state index contributed by atoms with van der Waals surface area (Å²) in [5.74, 6) is -1.14. The van der Waals surface area contributed by atoms with Gasteiger partial charge in [0.05, 0.1) is 24.1 Å². The molecule has 17 heavy (non-hydrogen) atoms. The average Bonchev–Trinajstić information content (AvgIpc) is 2.82. The first-order valence-corrected chi connectivity index (χ1v) is 5.47. The maximum Gasteiger partial charge on any atom is 0.306 e. The van der Waals surface area contributed by atoms with Gasteiger partial charge in [-0.2, -0.15) is 0 Å². The van der Waals surface area contributed by atoms with E-state index in [1.54, 1.807) is 19.4 Å². The number of aliphatic carboxylic acids is 1. The first-order chi connectivity index (χ1) is 8.16. The van der Waals surface area contributed by atoms with Crippen molar-refractivity contribution in [2.24, 2.45) is 5.92 Å². The number of hydrogen-bond donors (Lipinski definition) is 2. The fourth-order valence-electron chi connectivity index (χ4n) is 1.72. The lowest BCUT2D eigenvalue weighted by atomic mass is 9.99. The zero-order valence-electron chi connectivity index (χ0n) is 9.55. The lowest BCUT2D eigenvalue weighted by Crippen LogP contribution is -2.12. The molecule has 0 saturated carbocycles. The van der Waals surface area contributed by atoms with Crippen LogP contribution in [0.4, 0.5) is 0 Å². The second-order valence-electron chi connectivity index (χ2n) is 4.11. The van der Waals surface area contributed by atoms with Gasteiger partial charge in [0.25, 0.3) is 0 Å². The Morgan fingerprint density at radius 1 is 1.53 bits per heavy atom. The van der Waals surface area contributed by atoms with E-state index in [1.807, 2.05) is 24.3 Å². The van der Waals surface area contributed by atoms with Crippen molar-refractivity contribution in [3.05, 3.63) is 42.4 Å². The predicted octanol–water partition coefficient (Wildman–Crippen LogP) is 2.34. The minimum atomic E-state index is -0.767. The summed E-state index contributed by atoms with van der Waals surface area (Å²) in [6.07, 6.45) is 3.92. The molecule has 1 heterocycles. The molecule has 0 aliphatic carbocycles. The number of aromatic amines is 1. The van der Waals surface area contributed by atoms with E-state index in [2.05, 4.69) is 9.97 Å². The molecule has 0 spiro atoms. The topological polar surface area (TPSA) is 66.0 Å². The van der Waals surface area contributed by atoms with Crippen LogP contribution in [0.1, 0.15) is 12.5 Å². The van der Waals surface area contributed by atoms with E-state index in [-0.39, 0.29) is 5.92 Å². The van der Waals surface area contributed by atoms with Gasteiger partial charge in [-0.1, -0.05) is 25.1 Å². The van der Waals surface area contributed by atoms with Gasteiger partial charge in [-0.25, -0.2) is 4.98 Å². The SMILES string of the molecule is CC(Cc1cccc(-c2cnc[nH]2)c1)C(=O)O. The number of aromatic nitrogens is 2. The number of H-pyrrole nitrogens is 1. The van der Waals surface area contributed by atoms with E-state index in [1.165, 1.54) is 0 Å². The summed E-state index contributed by atoms with van der Waals surface area (Å²) in [5.41, 5.74) is 2.99. The van der Waals surface area contributed by atoms with E-state index in [0.717, 1.165) is 16.8 Å². The van der Waals surface area contributed by atoms with Crippen LogP contribution < -0.4 is 0 Å². The molecule has 88 valence electrons. The minimum absolute atomic E-state index is 0.369. The van der Waals surface area contributed by atoms with Gasteiger partial charge in [-0.3, -0.25) is 4.79 Å². The van der Waals surface area contributed by atoms with Gasteiger partial charge in [-0.15, -0.1) is 0 Å². The summed E-state index contributed by atoms with van der Waals surface area (Å²) >= 11 is 0. The quantitative estimate of drug-likeness (QED) is 0.847. The molecule has 2 rings (SSSR count). The molecule has 0 bridgehead atoms. The third kappa shape index (κ3) is 2.72. The van der Waals surface area contributed by atoms with Gasteiger partial charge in [0.2, 0.25) is 0 Å². The van der Waals surface area contributed by atoms with Gasteiger partial charge in [0.1, 0.15) is 0 Å². The number of carbonyl (C=O) groups is 1. The highest BCUT2D eigenvalue weighted by atomic mass is 16.4. The smallest absolute Gasteiger partial charge is 0.306 e. The molecule has 4 heteroatoms. The summed E-state index contributed by atoms with van der Waals surface area (Å²) in [7, 11) is 0. The first-order valence-electron chi connectivity index (χ1n) is 5.47. The first kappa shape index (κ1) is 11.4. The Balaban J connectivity index is 2.20. The van der Waals surface area contributed by atoms with Gasteiger partial charge in [-0.05, 0) is 23.6 Å². The summed E-state index contributed by atoms with van der Waals surface area (Å²) in [6.45, 7) is 1.71. The highest BCUT2D eigenvalue weighted by molar-refractivity contribution is 5.70. The van der Waals surface area contributed by atoms with Crippen LogP contribution in [0.15, 0.2) is 36.8 Å². The van der Waals surface area contributed by atoms with Crippen LogP contribution >= 0.6 is 0 Å². The lowest BCUT2D eigenvalue weighted by Gasteiger charge is -2.07.